The number of carbonyl (C=O) groups is 2. The highest BCUT2D eigenvalue weighted by molar-refractivity contribution is 5.69. The smallest absolute Gasteiger partial charge is 0.305 e. The van der Waals surface area contributed by atoms with Crippen LogP contribution in [-0.2, 0) is 19.1 Å². The molecule has 0 spiro atoms. The summed E-state index contributed by atoms with van der Waals surface area (Å²) in [5.74, 6) is -0.217. The highest BCUT2D eigenvalue weighted by atomic mass is 16.5. The fourth-order valence-electron chi connectivity index (χ4n) is 2.47. The molecule has 0 aromatic carbocycles. The lowest BCUT2D eigenvalue weighted by atomic mass is 10.1. The molecule has 0 aliphatic carbocycles. The molecule has 4 heteroatoms. The van der Waals surface area contributed by atoms with Crippen LogP contribution in [0.15, 0.2) is 0 Å². The van der Waals surface area contributed by atoms with Gasteiger partial charge in [-0.2, -0.15) is 0 Å². The van der Waals surface area contributed by atoms with Gasteiger partial charge in [0.1, 0.15) is 0 Å². The quantitative estimate of drug-likeness (QED) is 0.256. The number of rotatable bonds is 17. The van der Waals surface area contributed by atoms with Gasteiger partial charge in [-0.3, -0.25) is 9.59 Å². The summed E-state index contributed by atoms with van der Waals surface area (Å²) < 4.78 is 10.4. The maximum atomic E-state index is 11.5. The zero-order valence-corrected chi connectivity index (χ0v) is 15.9. The molecular weight excluding hydrogens is 304 g/mol. The maximum Gasteiger partial charge on any atom is 0.305 e. The predicted molar refractivity (Wildman–Crippen MR) is 97.9 cm³/mol. The number of ether oxygens (including phenoxy) is 2. The highest BCUT2D eigenvalue weighted by Crippen LogP contribution is 2.07. The van der Waals surface area contributed by atoms with E-state index in [1.165, 1.54) is 32.1 Å². The van der Waals surface area contributed by atoms with Gasteiger partial charge in [0, 0.05) is 12.8 Å². The zero-order chi connectivity index (χ0) is 17.9. The second-order valence-electron chi connectivity index (χ2n) is 6.48. The van der Waals surface area contributed by atoms with E-state index in [0.717, 1.165) is 44.9 Å². The van der Waals surface area contributed by atoms with Gasteiger partial charge in [0.05, 0.1) is 13.2 Å². The Morgan fingerprint density at radius 3 is 1.38 bits per heavy atom. The number of hydrogen-bond donors (Lipinski definition) is 0. The molecular formula is C20H38O4. The Hall–Kier alpha value is -1.06. The normalized spacial score (nSPS) is 10.6. The first-order valence-corrected chi connectivity index (χ1v) is 10.0. The van der Waals surface area contributed by atoms with Crippen molar-refractivity contribution in [3.63, 3.8) is 0 Å². The lowest BCUT2D eigenvalue weighted by Gasteiger charge is -2.06. The van der Waals surface area contributed by atoms with Crippen molar-refractivity contribution < 1.29 is 19.1 Å². The van der Waals surface area contributed by atoms with E-state index < -0.39 is 0 Å². The first kappa shape index (κ1) is 22.9. The number of esters is 2. The first-order chi connectivity index (χ1) is 11.7. The van der Waals surface area contributed by atoms with E-state index >= 15 is 0 Å². The Balaban J connectivity index is 3.30. The molecule has 0 saturated heterocycles. The Morgan fingerprint density at radius 2 is 0.917 bits per heavy atom. The molecule has 0 rings (SSSR count). The van der Waals surface area contributed by atoms with Crippen molar-refractivity contribution in [2.75, 3.05) is 13.2 Å². The van der Waals surface area contributed by atoms with Crippen molar-refractivity contribution in [1.82, 2.24) is 0 Å². The Bertz CT molecular complexity index is 302. The molecule has 4 nitrogen and oxygen atoms in total. The number of carbonyl (C=O) groups excluding carboxylic acids is 2. The minimum atomic E-state index is -0.110. The van der Waals surface area contributed by atoms with E-state index in [9.17, 15) is 9.59 Å². The Morgan fingerprint density at radius 1 is 0.542 bits per heavy atom. The van der Waals surface area contributed by atoms with Gasteiger partial charge in [-0.15, -0.1) is 0 Å². The van der Waals surface area contributed by atoms with Gasteiger partial charge in [-0.05, 0) is 25.7 Å². The molecule has 24 heavy (non-hydrogen) atoms. The number of hydrogen-bond acceptors (Lipinski definition) is 4. The molecule has 0 radical (unpaired) electrons. The van der Waals surface area contributed by atoms with Crippen LogP contribution in [0.3, 0.4) is 0 Å². The van der Waals surface area contributed by atoms with Gasteiger partial charge in [-0.25, -0.2) is 0 Å². The van der Waals surface area contributed by atoms with Gasteiger partial charge >= 0.3 is 11.9 Å². The topological polar surface area (TPSA) is 52.6 Å². The molecule has 0 aromatic heterocycles. The fourth-order valence-corrected chi connectivity index (χ4v) is 2.47. The van der Waals surface area contributed by atoms with Crippen LogP contribution in [0.25, 0.3) is 0 Å². The molecule has 142 valence electrons. The Kier molecular flexibility index (Phi) is 17.5. The summed E-state index contributed by atoms with van der Waals surface area (Å²) in [7, 11) is 0. The summed E-state index contributed by atoms with van der Waals surface area (Å²) in [4.78, 5) is 23.1. The zero-order valence-electron chi connectivity index (χ0n) is 15.9. The SMILES string of the molecule is CCCCCCCOC(=O)CCCCCC(=O)OCCCCCC. The maximum absolute atomic E-state index is 11.5. The second-order valence-corrected chi connectivity index (χ2v) is 6.48. The summed E-state index contributed by atoms with van der Waals surface area (Å²) >= 11 is 0. The predicted octanol–water partition coefficient (Wildman–Crippen LogP) is 5.57. The van der Waals surface area contributed by atoms with Crippen LogP contribution in [0.1, 0.15) is 104 Å². The summed E-state index contributed by atoms with van der Waals surface area (Å²) in [5.41, 5.74) is 0. The third-order valence-corrected chi connectivity index (χ3v) is 4.03. The third kappa shape index (κ3) is 17.3. The van der Waals surface area contributed by atoms with Crippen molar-refractivity contribution in [1.29, 1.82) is 0 Å². The summed E-state index contributed by atoms with van der Waals surface area (Å²) in [6, 6.07) is 0. The molecule has 0 saturated carbocycles. The van der Waals surface area contributed by atoms with E-state index in [1.807, 2.05) is 0 Å². The van der Waals surface area contributed by atoms with Gasteiger partial charge in [0.15, 0.2) is 0 Å². The van der Waals surface area contributed by atoms with Crippen molar-refractivity contribution in [2.24, 2.45) is 0 Å². The van der Waals surface area contributed by atoms with Gasteiger partial charge < -0.3 is 9.47 Å². The standard InChI is InChI=1S/C20H38O4/c1-3-5-7-9-14-18-24-20(22)16-12-10-11-15-19(21)23-17-13-8-6-4-2/h3-18H2,1-2H3. The van der Waals surface area contributed by atoms with Crippen LogP contribution in [0, 0.1) is 0 Å². The molecule has 0 heterocycles. The van der Waals surface area contributed by atoms with Gasteiger partial charge in [0.25, 0.3) is 0 Å². The summed E-state index contributed by atoms with van der Waals surface area (Å²) in [6.07, 6.45) is 13.7. The average Bonchev–Trinajstić information content (AvgIpc) is 2.57. The molecule has 0 atom stereocenters. The van der Waals surface area contributed by atoms with Crippen molar-refractivity contribution in [3.8, 4) is 0 Å². The van der Waals surface area contributed by atoms with Crippen LogP contribution >= 0.6 is 0 Å². The average molecular weight is 343 g/mol. The van der Waals surface area contributed by atoms with Crippen LogP contribution in [-0.4, -0.2) is 25.2 Å². The molecule has 0 aliphatic heterocycles. The first-order valence-electron chi connectivity index (χ1n) is 10.0. The molecule has 0 aromatic rings. The van der Waals surface area contributed by atoms with Crippen LogP contribution in [0.5, 0.6) is 0 Å². The van der Waals surface area contributed by atoms with Gasteiger partial charge in [-0.1, -0.05) is 65.2 Å². The molecule has 0 amide bonds. The van der Waals surface area contributed by atoms with Crippen LogP contribution < -0.4 is 0 Å². The molecule has 0 unspecified atom stereocenters. The van der Waals surface area contributed by atoms with E-state index in [4.69, 9.17) is 9.47 Å². The van der Waals surface area contributed by atoms with Crippen molar-refractivity contribution >= 4 is 11.9 Å². The molecule has 0 N–H and O–H groups in total. The van der Waals surface area contributed by atoms with Crippen molar-refractivity contribution in [2.45, 2.75) is 104 Å². The van der Waals surface area contributed by atoms with E-state index in [-0.39, 0.29) is 11.9 Å². The highest BCUT2D eigenvalue weighted by Gasteiger charge is 2.05. The third-order valence-electron chi connectivity index (χ3n) is 4.03. The van der Waals surface area contributed by atoms with E-state index in [1.54, 1.807) is 0 Å². The lowest BCUT2D eigenvalue weighted by molar-refractivity contribution is -0.144. The minimum absolute atomic E-state index is 0.107. The fraction of sp³-hybridized carbons (Fsp3) is 0.900. The number of unbranched alkanes of at least 4 members (excludes halogenated alkanes) is 9. The molecule has 0 bridgehead atoms. The van der Waals surface area contributed by atoms with E-state index in [2.05, 4.69) is 13.8 Å². The minimum Gasteiger partial charge on any atom is -0.466 e. The summed E-state index contributed by atoms with van der Waals surface area (Å²) in [6.45, 7) is 5.44. The largest absolute Gasteiger partial charge is 0.466 e. The Labute approximate surface area is 148 Å². The molecule has 0 aliphatic rings. The lowest BCUT2D eigenvalue weighted by Crippen LogP contribution is -2.07. The van der Waals surface area contributed by atoms with E-state index in [0.29, 0.717) is 26.1 Å². The van der Waals surface area contributed by atoms with Crippen LogP contribution in [0.2, 0.25) is 0 Å². The summed E-state index contributed by atoms with van der Waals surface area (Å²) in [5, 5.41) is 0. The monoisotopic (exact) mass is 342 g/mol. The van der Waals surface area contributed by atoms with Crippen LogP contribution in [0.4, 0.5) is 0 Å². The molecule has 0 fully saturated rings. The second kappa shape index (κ2) is 18.3. The van der Waals surface area contributed by atoms with Gasteiger partial charge in [0.2, 0.25) is 0 Å². The van der Waals surface area contributed by atoms with Crippen molar-refractivity contribution in [3.05, 3.63) is 0 Å².